The van der Waals surface area contributed by atoms with Crippen LogP contribution in [0.25, 0.3) is 5.65 Å². The van der Waals surface area contributed by atoms with Gasteiger partial charge in [0.2, 0.25) is 0 Å². The molecular weight excluding hydrogens is 354 g/mol. The number of hydrogen-bond acceptors (Lipinski definition) is 5. The van der Waals surface area contributed by atoms with E-state index in [4.69, 9.17) is 4.74 Å². The molecule has 7 nitrogen and oxygen atoms in total. The number of cyclic esters (lactones) is 1. The van der Waals surface area contributed by atoms with Crippen molar-refractivity contribution in [2.24, 2.45) is 0 Å². The third-order valence-corrected chi connectivity index (χ3v) is 6.00. The van der Waals surface area contributed by atoms with Crippen molar-refractivity contribution in [1.29, 1.82) is 0 Å². The summed E-state index contributed by atoms with van der Waals surface area (Å²) in [4.78, 5) is 21.3. The van der Waals surface area contributed by atoms with Gasteiger partial charge in [-0.1, -0.05) is 30.3 Å². The lowest BCUT2D eigenvalue weighted by molar-refractivity contribution is 0.140. The molecule has 0 N–H and O–H groups in total. The predicted molar refractivity (Wildman–Crippen MR) is 106 cm³/mol. The molecule has 28 heavy (non-hydrogen) atoms. The zero-order valence-electron chi connectivity index (χ0n) is 16.1. The van der Waals surface area contributed by atoms with Gasteiger partial charge in [0, 0.05) is 43.4 Å². The molecule has 1 amide bonds. The maximum Gasteiger partial charge on any atom is 0.410 e. The fourth-order valence-electron chi connectivity index (χ4n) is 4.51. The zero-order chi connectivity index (χ0) is 19.3. The molecule has 0 aliphatic carbocycles. The highest BCUT2D eigenvalue weighted by atomic mass is 16.6. The molecule has 1 aromatic carbocycles. The Balaban J connectivity index is 1.56. The van der Waals surface area contributed by atoms with Gasteiger partial charge in [0.05, 0.1) is 6.20 Å². The van der Waals surface area contributed by atoms with Crippen LogP contribution < -0.4 is 4.90 Å². The average Bonchev–Trinajstić information content (AvgIpc) is 3.28. The number of aromatic nitrogens is 3. The van der Waals surface area contributed by atoms with Crippen molar-refractivity contribution in [3.63, 3.8) is 0 Å². The first-order valence-corrected chi connectivity index (χ1v) is 9.62. The fraction of sp³-hybridized carbons (Fsp3) is 0.381. The highest BCUT2D eigenvalue weighted by molar-refractivity contribution is 5.72. The van der Waals surface area contributed by atoms with Crippen molar-refractivity contribution in [3.05, 3.63) is 59.4 Å². The first-order chi connectivity index (χ1) is 13.6. The van der Waals surface area contributed by atoms with Crippen LogP contribution in [0, 0.1) is 13.8 Å². The Morgan fingerprint density at radius 2 is 1.96 bits per heavy atom. The molecule has 2 aliphatic heterocycles. The number of carbonyl (C=O) groups excluding carboxylic acids is 1. The van der Waals surface area contributed by atoms with Gasteiger partial charge in [-0.2, -0.15) is 9.61 Å². The van der Waals surface area contributed by atoms with Gasteiger partial charge in [0.15, 0.2) is 5.65 Å². The van der Waals surface area contributed by atoms with Gasteiger partial charge < -0.3 is 9.64 Å². The Hall–Kier alpha value is -3.09. The first kappa shape index (κ1) is 17.0. The van der Waals surface area contributed by atoms with E-state index in [0.29, 0.717) is 19.7 Å². The van der Waals surface area contributed by atoms with Gasteiger partial charge in [0.1, 0.15) is 18.0 Å². The SMILES string of the molecule is Cc1nc2ccnn2c(N2CCN3C(=O)OCC3(Cc3ccccc3)C2)c1C. The molecule has 2 fully saturated rings. The van der Waals surface area contributed by atoms with E-state index >= 15 is 0 Å². The molecule has 144 valence electrons. The maximum absolute atomic E-state index is 12.4. The number of piperazine rings is 1. The molecule has 1 unspecified atom stereocenters. The van der Waals surface area contributed by atoms with Crippen LogP contribution in [0.4, 0.5) is 10.6 Å². The van der Waals surface area contributed by atoms with Crippen LogP contribution in [0.1, 0.15) is 16.8 Å². The molecule has 4 heterocycles. The van der Waals surface area contributed by atoms with E-state index in [0.717, 1.165) is 35.7 Å². The monoisotopic (exact) mass is 377 g/mol. The molecule has 3 aromatic rings. The third-order valence-electron chi connectivity index (χ3n) is 6.00. The van der Waals surface area contributed by atoms with Crippen LogP contribution in [0.5, 0.6) is 0 Å². The number of ether oxygens (including phenoxy) is 1. The van der Waals surface area contributed by atoms with E-state index in [2.05, 4.69) is 34.0 Å². The quantitative estimate of drug-likeness (QED) is 0.702. The first-order valence-electron chi connectivity index (χ1n) is 9.62. The van der Waals surface area contributed by atoms with Crippen molar-refractivity contribution in [2.75, 3.05) is 31.1 Å². The third kappa shape index (κ3) is 2.53. The number of fused-ring (bicyclic) bond motifs is 2. The Kier molecular flexibility index (Phi) is 3.79. The minimum absolute atomic E-state index is 0.206. The van der Waals surface area contributed by atoms with Crippen molar-refractivity contribution in [1.82, 2.24) is 19.5 Å². The van der Waals surface area contributed by atoms with E-state index in [1.165, 1.54) is 5.56 Å². The Morgan fingerprint density at radius 3 is 2.79 bits per heavy atom. The van der Waals surface area contributed by atoms with Gasteiger partial charge in [-0.15, -0.1) is 0 Å². The summed E-state index contributed by atoms with van der Waals surface area (Å²) in [5.74, 6) is 1.05. The highest BCUT2D eigenvalue weighted by Gasteiger charge is 2.51. The summed E-state index contributed by atoms with van der Waals surface area (Å²) >= 11 is 0. The Morgan fingerprint density at radius 1 is 1.14 bits per heavy atom. The van der Waals surface area contributed by atoms with Crippen LogP contribution in [-0.2, 0) is 11.2 Å². The summed E-state index contributed by atoms with van der Waals surface area (Å²) < 4.78 is 7.42. The summed E-state index contributed by atoms with van der Waals surface area (Å²) in [6.45, 7) is 6.60. The number of amides is 1. The lowest BCUT2D eigenvalue weighted by Crippen LogP contribution is -2.63. The van der Waals surface area contributed by atoms with Crippen molar-refractivity contribution in [3.8, 4) is 0 Å². The Labute approximate surface area is 163 Å². The second kappa shape index (κ2) is 6.22. The molecule has 2 saturated heterocycles. The average molecular weight is 377 g/mol. The number of hydrogen-bond donors (Lipinski definition) is 0. The summed E-state index contributed by atoms with van der Waals surface area (Å²) in [6, 6.07) is 12.2. The number of benzene rings is 1. The molecule has 5 rings (SSSR count). The molecular formula is C21H23N5O2. The summed E-state index contributed by atoms with van der Waals surface area (Å²) in [7, 11) is 0. The second-order valence-corrected chi connectivity index (χ2v) is 7.76. The van der Waals surface area contributed by atoms with E-state index in [1.807, 2.05) is 40.6 Å². The number of aryl methyl sites for hydroxylation is 1. The minimum atomic E-state index is -0.375. The van der Waals surface area contributed by atoms with Crippen molar-refractivity contribution >= 4 is 17.6 Å². The lowest BCUT2D eigenvalue weighted by Gasteiger charge is -2.46. The molecule has 7 heteroatoms. The molecule has 0 radical (unpaired) electrons. The van der Waals surface area contributed by atoms with Gasteiger partial charge in [-0.05, 0) is 19.4 Å². The highest BCUT2D eigenvalue weighted by Crippen LogP contribution is 2.35. The minimum Gasteiger partial charge on any atom is -0.447 e. The number of rotatable bonds is 3. The maximum atomic E-state index is 12.4. The fourth-order valence-corrected chi connectivity index (χ4v) is 4.51. The number of nitrogens with zero attached hydrogens (tertiary/aromatic N) is 5. The van der Waals surface area contributed by atoms with Gasteiger partial charge in [-0.3, -0.25) is 4.90 Å². The van der Waals surface area contributed by atoms with E-state index in [1.54, 1.807) is 6.20 Å². The second-order valence-electron chi connectivity index (χ2n) is 7.76. The number of carbonyl (C=O) groups is 1. The summed E-state index contributed by atoms with van der Waals surface area (Å²) in [5.41, 5.74) is 3.79. The van der Waals surface area contributed by atoms with Gasteiger partial charge in [0.25, 0.3) is 0 Å². The van der Waals surface area contributed by atoms with Crippen LogP contribution in [0.2, 0.25) is 0 Å². The normalized spacial score (nSPS) is 21.9. The molecule has 2 aromatic heterocycles. The summed E-state index contributed by atoms with van der Waals surface area (Å²) in [6.07, 6.45) is 2.34. The van der Waals surface area contributed by atoms with Crippen molar-refractivity contribution in [2.45, 2.75) is 25.8 Å². The van der Waals surface area contributed by atoms with Crippen molar-refractivity contribution < 1.29 is 9.53 Å². The van der Waals surface area contributed by atoms with Gasteiger partial charge in [-0.25, -0.2) is 9.78 Å². The van der Waals surface area contributed by atoms with E-state index < -0.39 is 0 Å². The zero-order valence-corrected chi connectivity index (χ0v) is 16.1. The van der Waals surface area contributed by atoms with E-state index in [9.17, 15) is 4.79 Å². The molecule has 2 aliphatic rings. The van der Waals surface area contributed by atoms with Crippen LogP contribution in [0.3, 0.4) is 0 Å². The summed E-state index contributed by atoms with van der Waals surface area (Å²) in [5, 5.41) is 4.50. The molecule has 0 bridgehead atoms. The smallest absolute Gasteiger partial charge is 0.410 e. The predicted octanol–water partition coefficient (Wildman–Crippen LogP) is 2.60. The molecule has 1 atom stereocenters. The van der Waals surface area contributed by atoms with Crippen LogP contribution in [0.15, 0.2) is 42.6 Å². The standard InChI is InChI=1S/C21H23N5O2/c1-15-16(2)23-18-8-9-22-26(18)19(15)24-10-11-25-20(27)28-14-21(25,13-24)12-17-6-4-3-5-7-17/h3-9H,10-14H2,1-2H3. The van der Waals surface area contributed by atoms with Crippen LogP contribution in [-0.4, -0.2) is 57.4 Å². The Bertz CT molecular complexity index is 1050. The topological polar surface area (TPSA) is 63.0 Å². The molecule has 0 saturated carbocycles. The number of anilines is 1. The largest absolute Gasteiger partial charge is 0.447 e. The van der Waals surface area contributed by atoms with Gasteiger partial charge >= 0.3 is 6.09 Å². The lowest BCUT2D eigenvalue weighted by atomic mass is 9.88. The molecule has 0 spiro atoms. The van der Waals surface area contributed by atoms with E-state index in [-0.39, 0.29) is 11.6 Å². The van der Waals surface area contributed by atoms with Crippen LogP contribution >= 0.6 is 0 Å².